The molecule has 3 nitrogen and oxygen atoms in total. The van der Waals surface area contributed by atoms with Gasteiger partial charge in [0.25, 0.3) is 0 Å². The molecule has 0 aromatic rings. The smallest absolute Gasteiger partial charge is 0.308 e. The van der Waals surface area contributed by atoms with Gasteiger partial charge < -0.3 is 13.6 Å². The van der Waals surface area contributed by atoms with Gasteiger partial charge in [-0.25, -0.2) is 0 Å². The summed E-state index contributed by atoms with van der Waals surface area (Å²) in [5.41, 5.74) is 0. The van der Waals surface area contributed by atoms with Gasteiger partial charge in [0.15, 0.2) is 0 Å². The van der Waals surface area contributed by atoms with Crippen molar-refractivity contribution < 1.29 is 13.6 Å². The fourth-order valence-electron chi connectivity index (χ4n) is 0.694. The van der Waals surface area contributed by atoms with Crippen LogP contribution in [0.4, 0.5) is 0 Å². The predicted molar refractivity (Wildman–Crippen MR) is 87.3 cm³/mol. The molecule has 0 radical (unpaired) electrons. The summed E-state index contributed by atoms with van der Waals surface area (Å²) in [5, 5.41) is 0. The van der Waals surface area contributed by atoms with Crippen LogP contribution < -0.4 is 0 Å². The third kappa shape index (κ3) is 11.5. The molecule has 0 saturated carbocycles. The third-order valence-electron chi connectivity index (χ3n) is 1.39. The molecule has 0 aliphatic heterocycles. The maximum Gasteiger partial charge on any atom is 0.327 e. The molecule has 0 fully saturated rings. The van der Waals surface area contributed by atoms with E-state index in [9.17, 15) is 0 Å². The van der Waals surface area contributed by atoms with Gasteiger partial charge in [-0.2, -0.15) is 0 Å². The van der Waals surface area contributed by atoms with Gasteiger partial charge in [-0.3, -0.25) is 0 Å². The van der Waals surface area contributed by atoms with Crippen LogP contribution in [0.15, 0.2) is 0 Å². The Morgan fingerprint density at radius 3 is 1.24 bits per heavy atom. The maximum atomic E-state index is 5.58. The Labute approximate surface area is 134 Å². The first-order chi connectivity index (χ1) is 7.75. The van der Waals surface area contributed by atoms with Crippen molar-refractivity contribution in [3.05, 3.63) is 0 Å². The SMILES string of the molecule is CC(Br)COP(=S)(OCC(C)Br)OCC(C)Br. The summed E-state index contributed by atoms with van der Waals surface area (Å²) in [6.07, 6.45) is 0. The Kier molecular flexibility index (Phi) is 10.9. The van der Waals surface area contributed by atoms with Gasteiger partial charge in [-0.15, -0.1) is 0 Å². The molecule has 0 N–H and O–H groups in total. The van der Waals surface area contributed by atoms with E-state index in [-0.39, 0.29) is 14.5 Å². The fraction of sp³-hybridized carbons (Fsp3) is 1.00. The van der Waals surface area contributed by atoms with Crippen LogP contribution in [0.3, 0.4) is 0 Å². The van der Waals surface area contributed by atoms with Crippen molar-refractivity contribution >= 4 is 66.3 Å². The molecule has 0 spiro atoms. The second-order valence-corrected chi connectivity index (χ2v) is 11.4. The van der Waals surface area contributed by atoms with Gasteiger partial charge in [-0.1, -0.05) is 68.6 Å². The van der Waals surface area contributed by atoms with Crippen LogP contribution in [-0.4, -0.2) is 34.3 Å². The summed E-state index contributed by atoms with van der Waals surface area (Å²) in [7, 11) is 0. The Hall–Kier alpha value is 1.97. The number of halogens is 3. The first-order valence-corrected chi connectivity index (χ1v) is 10.5. The lowest BCUT2D eigenvalue weighted by atomic mass is 10.5. The van der Waals surface area contributed by atoms with E-state index >= 15 is 0 Å². The van der Waals surface area contributed by atoms with Gasteiger partial charge in [0, 0.05) is 14.5 Å². The molecular weight excluding hydrogens is 459 g/mol. The molecule has 0 heterocycles. The van der Waals surface area contributed by atoms with Crippen molar-refractivity contribution in [2.75, 3.05) is 19.8 Å². The predicted octanol–water partition coefficient (Wildman–Crippen LogP) is 4.61. The zero-order valence-electron chi connectivity index (χ0n) is 10.1. The van der Waals surface area contributed by atoms with Crippen LogP contribution >= 0.6 is 54.5 Å². The molecule has 0 aromatic heterocycles. The molecular formula is C9H18Br3O3PS. The van der Waals surface area contributed by atoms with E-state index in [4.69, 9.17) is 25.4 Å². The summed E-state index contributed by atoms with van der Waals surface area (Å²) in [5.74, 6) is 0. The summed E-state index contributed by atoms with van der Waals surface area (Å²) in [4.78, 5) is 0.666. The number of alkyl halides is 3. The first kappa shape index (κ1) is 19.0. The van der Waals surface area contributed by atoms with Crippen LogP contribution in [0.2, 0.25) is 0 Å². The lowest BCUT2D eigenvalue weighted by Gasteiger charge is -2.23. The average Bonchev–Trinajstić information content (AvgIpc) is 2.21. The van der Waals surface area contributed by atoms with Crippen LogP contribution in [-0.2, 0) is 25.4 Å². The maximum absolute atomic E-state index is 5.58. The first-order valence-electron chi connectivity index (χ1n) is 5.21. The second kappa shape index (κ2) is 9.81. The minimum atomic E-state index is -2.64. The van der Waals surface area contributed by atoms with E-state index in [0.717, 1.165) is 0 Å². The molecule has 8 heteroatoms. The molecule has 0 aliphatic rings. The van der Waals surface area contributed by atoms with Gasteiger partial charge in [0.05, 0.1) is 19.8 Å². The van der Waals surface area contributed by atoms with Crippen LogP contribution in [0.25, 0.3) is 0 Å². The molecule has 104 valence electrons. The number of rotatable bonds is 9. The zero-order valence-corrected chi connectivity index (χ0v) is 16.5. The van der Waals surface area contributed by atoms with Crippen LogP contribution in [0, 0.1) is 0 Å². The highest BCUT2D eigenvalue weighted by Gasteiger charge is 2.23. The molecule has 17 heavy (non-hydrogen) atoms. The average molecular weight is 477 g/mol. The van der Waals surface area contributed by atoms with Crippen molar-refractivity contribution in [1.82, 2.24) is 0 Å². The highest BCUT2D eigenvalue weighted by Crippen LogP contribution is 2.50. The standard InChI is InChI=1S/C9H18Br3O3PS/c1-7(10)4-13-16(17,14-5-8(2)11)15-6-9(3)12/h7-9H,4-6H2,1-3H3. The van der Waals surface area contributed by atoms with Crippen molar-refractivity contribution in [3.8, 4) is 0 Å². The summed E-state index contributed by atoms with van der Waals surface area (Å²) in [6, 6.07) is 0. The van der Waals surface area contributed by atoms with Gasteiger partial charge in [0.2, 0.25) is 0 Å². The van der Waals surface area contributed by atoms with E-state index in [0.29, 0.717) is 19.8 Å². The van der Waals surface area contributed by atoms with E-state index in [2.05, 4.69) is 47.8 Å². The Balaban J connectivity index is 4.29. The Bertz CT molecular complexity index is 214. The quantitative estimate of drug-likeness (QED) is 0.359. The van der Waals surface area contributed by atoms with E-state index in [1.54, 1.807) is 0 Å². The second-order valence-electron chi connectivity index (χ2n) is 3.68. The fourth-order valence-corrected chi connectivity index (χ4v) is 3.69. The Morgan fingerprint density at radius 1 is 0.824 bits per heavy atom. The van der Waals surface area contributed by atoms with E-state index in [1.165, 1.54) is 0 Å². The molecule has 3 unspecified atom stereocenters. The molecule has 0 amide bonds. The Morgan fingerprint density at radius 2 is 1.06 bits per heavy atom. The largest absolute Gasteiger partial charge is 0.327 e. The minimum absolute atomic E-state index is 0.222. The van der Waals surface area contributed by atoms with Crippen molar-refractivity contribution in [1.29, 1.82) is 0 Å². The molecule has 0 aliphatic carbocycles. The van der Waals surface area contributed by atoms with Crippen LogP contribution in [0.5, 0.6) is 0 Å². The number of hydrogen-bond donors (Lipinski definition) is 0. The summed E-state index contributed by atoms with van der Waals surface area (Å²) in [6.45, 7) is 4.75. The molecule has 0 bridgehead atoms. The lowest BCUT2D eigenvalue weighted by molar-refractivity contribution is 0.161. The van der Waals surface area contributed by atoms with Crippen molar-refractivity contribution in [2.45, 2.75) is 35.3 Å². The summed E-state index contributed by atoms with van der Waals surface area (Å²) >= 11 is 15.6. The zero-order chi connectivity index (χ0) is 13.5. The highest BCUT2D eigenvalue weighted by molar-refractivity contribution is 9.10. The number of hydrogen-bond acceptors (Lipinski definition) is 4. The van der Waals surface area contributed by atoms with Gasteiger partial charge >= 0.3 is 6.72 Å². The third-order valence-corrected chi connectivity index (χ3v) is 4.52. The summed E-state index contributed by atoms with van der Waals surface area (Å²) < 4.78 is 16.8. The molecule has 0 rings (SSSR count). The van der Waals surface area contributed by atoms with E-state index in [1.807, 2.05) is 20.8 Å². The lowest BCUT2D eigenvalue weighted by Crippen LogP contribution is -2.12. The minimum Gasteiger partial charge on any atom is -0.308 e. The van der Waals surface area contributed by atoms with Crippen molar-refractivity contribution in [2.24, 2.45) is 0 Å². The van der Waals surface area contributed by atoms with Crippen LogP contribution in [0.1, 0.15) is 20.8 Å². The van der Waals surface area contributed by atoms with E-state index < -0.39 is 6.72 Å². The van der Waals surface area contributed by atoms with Gasteiger partial charge in [-0.05, 0) is 11.8 Å². The highest BCUT2D eigenvalue weighted by atomic mass is 79.9. The monoisotopic (exact) mass is 474 g/mol. The van der Waals surface area contributed by atoms with Crippen molar-refractivity contribution in [3.63, 3.8) is 0 Å². The normalized spacial score (nSPS) is 20.6. The van der Waals surface area contributed by atoms with Gasteiger partial charge in [0.1, 0.15) is 0 Å². The topological polar surface area (TPSA) is 27.7 Å². The molecule has 0 saturated heterocycles. The molecule has 3 atom stereocenters. The molecule has 0 aromatic carbocycles.